The summed E-state index contributed by atoms with van der Waals surface area (Å²) in [6, 6.07) is 9.62. The number of thiazole rings is 1. The Labute approximate surface area is 185 Å². The molecule has 0 aliphatic heterocycles. The molecule has 7 nitrogen and oxygen atoms in total. The third kappa shape index (κ3) is 5.21. The number of hydrogen-bond acceptors (Lipinski definition) is 7. The molecule has 3 aromatic heterocycles. The van der Waals surface area contributed by atoms with Gasteiger partial charge in [-0.05, 0) is 37.5 Å². The van der Waals surface area contributed by atoms with Crippen molar-refractivity contribution in [2.45, 2.75) is 39.8 Å². The van der Waals surface area contributed by atoms with Gasteiger partial charge in [-0.1, -0.05) is 25.2 Å². The van der Waals surface area contributed by atoms with E-state index in [0.717, 1.165) is 45.3 Å². The van der Waals surface area contributed by atoms with Gasteiger partial charge in [0.25, 0.3) is 0 Å². The van der Waals surface area contributed by atoms with Crippen LogP contribution in [0.4, 0.5) is 5.13 Å². The van der Waals surface area contributed by atoms with Crippen molar-refractivity contribution >= 4 is 26.7 Å². The predicted molar refractivity (Wildman–Crippen MR) is 125 cm³/mol. The third-order valence-electron chi connectivity index (χ3n) is 4.88. The minimum Gasteiger partial charge on any atom is -0.457 e. The Kier molecular flexibility index (Phi) is 6.48. The largest absolute Gasteiger partial charge is 0.457 e. The molecule has 1 unspecified atom stereocenters. The van der Waals surface area contributed by atoms with Gasteiger partial charge >= 0.3 is 0 Å². The van der Waals surface area contributed by atoms with Crippen molar-refractivity contribution in [3.63, 3.8) is 0 Å². The summed E-state index contributed by atoms with van der Waals surface area (Å²) in [5, 5.41) is 18.1. The Morgan fingerprint density at radius 2 is 2.03 bits per heavy atom. The molecule has 3 heterocycles. The van der Waals surface area contributed by atoms with Crippen molar-refractivity contribution < 1.29 is 9.84 Å². The second-order valence-corrected chi connectivity index (χ2v) is 8.90. The molecule has 0 amide bonds. The number of aryl methyl sites for hydroxylation is 1. The van der Waals surface area contributed by atoms with Crippen molar-refractivity contribution in [2.24, 2.45) is 5.92 Å². The summed E-state index contributed by atoms with van der Waals surface area (Å²) in [4.78, 5) is 9.08. The molecule has 31 heavy (non-hydrogen) atoms. The number of hydrogen-bond donors (Lipinski definition) is 2. The summed E-state index contributed by atoms with van der Waals surface area (Å²) in [6.07, 6.45) is 6.42. The van der Waals surface area contributed by atoms with Gasteiger partial charge in [0.2, 0.25) is 0 Å². The maximum absolute atomic E-state index is 9.62. The van der Waals surface area contributed by atoms with E-state index in [2.05, 4.69) is 41.2 Å². The molecule has 0 fully saturated rings. The molecule has 0 aliphatic rings. The van der Waals surface area contributed by atoms with Gasteiger partial charge in [-0.25, -0.2) is 4.98 Å². The minimum atomic E-state index is 0.00332. The lowest BCUT2D eigenvalue weighted by atomic mass is 10.0. The number of ether oxygens (including phenoxy) is 1. The fourth-order valence-corrected chi connectivity index (χ4v) is 4.36. The lowest BCUT2D eigenvalue weighted by molar-refractivity contribution is 0.259. The number of aliphatic hydroxyl groups excluding tert-OH is 1. The van der Waals surface area contributed by atoms with Gasteiger partial charge in [-0.15, -0.1) is 0 Å². The Hall–Kier alpha value is -2.97. The van der Waals surface area contributed by atoms with Gasteiger partial charge in [0.05, 0.1) is 34.8 Å². The molecule has 2 N–H and O–H groups in total. The van der Waals surface area contributed by atoms with Crippen LogP contribution in [0, 0.1) is 5.92 Å². The van der Waals surface area contributed by atoms with Crippen LogP contribution in [-0.4, -0.2) is 37.5 Å². The lowest BCUT2D eigenvalue weighted by Gasteiger charge is -2.17. The van der Waals surface area contributed by atoms with Crippen molar-refractivity contribution in [3.05, 3.63) is 48.9 Å². The number of pyridine rings is 1. The van der Waals surface area contributed by atoms with E-state index in [9.17, 15) is 5.11 Å². The van der Waals surface area contributed by atoms with Crippen LogP contribution in [0.1, 0.15) is 27.2 Å². The fraction of sp³-hybridized carbons (Fsp3) is 0.348. The highest BCUT2D eigenvalue weighted by molar-refractivity contribution is 7.22. The zero-order valence-electron chi connectivity index (χ0n) is 17.9. The maximum Gasteiger partial charge on any atom is 0.184 e. The van der Waals surface area contributed by atoms with Crippen molar-refractivity contribution in [2.75, 3.05) is 11.9 Å². The Balaban J connectivity index is 1.51. The van der Waals surface area contributed by atoms with E-state index in [1.165, 1.54) is 0 Å². The van der Waals surface area contributed by atoms with Crippen LogP contribution in [0.15, 0.2) is 48.9 Å². The standard InChI is InChI=1S/C23H27N5O2S/c1-4-28-13-16(12-25-28)21-10-19(7-8-24-21)30-18-5-6-20-22(11-18)31-23(27-20)26-17(14-29)9-15(2)3/h5-8,10-13,15,17,29H,4,9,14H2,1-3H3,(H,26,27). The molecule has 0 spiro atoms. The third-order valence-corrected chi connectivity index (χ3v) is 5.83. The predicted octanol–water partition coefficient (Wildman–Crippen LogP) is 5.19. The second kappa shape index (κ2) is 9.45. The molecule has 1 atom stereocenters. The van der Waals surface area contributed by atoms with Crippen molar-refractivity contribution in [1.29, 1.82) is 0 Å². The minimum absolute atomic E-state index is 0.00332. The Morgan fingerprint density at radius 1 is 1.19 bits per heavy atom. The molecule has 162 valence electrons. The van der Waals surface area contributed by atoms with E-state index in [1.54, 1.807) is 17.5 Å². The topological polar surface area (TPSA) is 85.1 Å². The molecule has 0 aliphatic carbocycles. The number of nitrogens with one attached hydrogen (secondary N) is 1. The van der Waals surface area contributed by atoms with Gasteiger partial charge in [0.1, 0.15) is 11.5 Å². The average molecular weight is 438 g/mol. The lowest BCUT2D eigenvalue weighted by Crippen LogP contribution is -2.25. The molecule has 4 aromatic rings. The van der Waals surface area contributed by atoms with Crippen LogP contribution in [0.3, 0.4) is 0 Å². The molecule has 0 saturated heterocycles. The van der Waals surface area contributed by atoms with E-state index >= 15 is 0 Å². The molecular weight excluding hydrogens is 410 g/mol. The van der Waals surface area contributed by atoms with E-state index in [-0.39, 0.29) is 12.6 Å². The van der Waals surface area contributed by atoms with E-state index in [4.69, 9.17) is 4.74 Å². The van der Waals surface area contributed by atoms with Crippen LogP contribution in [-0.2, 0) is 6.54 Å². The van der Waals surface area contributed by atoms with Crippen LogP contribution < -0.4 is 10.1 Å². The first-order valence-electron chi connectivity index (χ1n) is 10.5. The van der Waals surface area contributed by atoms with Gasteiger partial charge in [-0.3, -0.25) is 9.67 Å². The Morgan fingerprint density at radius 3 is 2.77 bits per heavy atom. The Bertz CT molecular complexity index is 1150. The molecule has 0 bridgehead atoms. The zero-order valence-corrected chi connectivity index (χ0v) is 18.8. The van der Waals surface area contributed by atoms with Crippen LogP contribution >= 0.6 is 11.3 Å². The highest BCUT2D eigenvalue weighted by Crippen LogP contribution is 2.32. The SMILES string of the molecule is CCn1cc(-c2cc(Oc3ccc4nc(NC(CO)CC(C)C)sc4c3)ccn2)cn1. The summed E-state index contributed by atoms with van der Waals surface area (Å²) in [5.41, 5.74) is 2.69. The van der Waals surface area contributed by atoms with E-state index in [1.807, 2.05) is 47.4 Å². The van der Waals surface area contributed by atoms with Crippen LogP contribution in [0.2, 0.25) is 0 Å². The van der Waals surface area contributed by atoms with Crippen LogP contribution in [0.25, 0.3) is 21.5 Å². The van der Waals surface area contributed by atoms with E-state index in [0.29, 0.717) is 11.7 Å². The summed E-state index contributed by atoms with van der Waals surface area (Å²) >= 11 is 1.56. The summed E-state index contributed by atoms with van der Waals surface area (Å²) in [7, 11) is 0. The normalized spacial score (nSPS) is 12.4. The molecule has 0 radical (unpaired) electrons. The molecular formula is C23H27N5O2S. The number of benzene rings is 1. The monoisotopic (exact) mass is 437 g/mol. The fourth-order valence-electron chi connectivity index (χ4n) is 3.39. The quantitative estimate of drug-likeness (QED) is 0.375. The first kappa shape index (κ1) is 21.3. The second-order valence-electron chi connectivity index (χ2n) is 7.87. The number of fused-ring (bicyclic) bond motifs is 1. The zero-order chi connectivity index (χ0) is 21.8. The number of aromatic nitrogens is 4. The number of nitrogens with zero attached hydrogens (tertiary/aromatic N) is 4. The van der Waals surface area contributed by atoms with Crippen LogP contribution in [0.5, 0.6) is 11.5 Å². The highest BCUT2D eigenvalue weighted by Gasteiger charge is 2.13. The molecule has 1 aromatic carbocycles. The van der Waals surface area contributed by atoms with E-state index < -0.39 is 0 Å². The number of rotatable bonds is 9. The van der Waals surface area contributed by atoms with Gasteiger partial charge in [0.15, 0.2) is 5.13 Å². The summed E-state index contributed by atoms with van der Waals surface area (Å²) < 4.78 is 9.00. The summed E-state index contributed by atoms with van der Waals surface area (Å²) in [6.45, 7) is 7.25. The van der Waals surface area contributed by atoms with Gasteiger partial charge in [-0.2, -0.15) is 5.10 Å². The first-order valence-corrected chi connectivity index (χ1v) is 11.3. The number of aliphatic hydroxyl groups is 1. The van der Waals surface area contributed by atoms with Gasteiger partial charge < -0.3 is 15.2 Å². The first-order chi connectivity index (χ1) is 15.0. The maximum atomic E-state index is 9.62. The number of anilines is 1. The summed E-state index contributed by atoms with van der Waals surface area (Å²) in [5.74, 6) is 1.96. The molecule has 8 heteroatoms. The van der Waals surface area contributed by atoms with Gasteiger partial charge in [0, 0.05) is 36.6 Å². The molecule has 4 rings (SSSR count). The van der Waals surface area contributed by atoms with Crippen molar-refractivity contribution in [3.8, 4) is 22.8 Å². The van der Waals surface area contributed by atoms with Crippen molar-refractivity contribution in [1.82, 2.24) is 19.7 Å². The molecule has 0 saturated carbocycles. The smallest absolute Gasteiger partial charge is 0.184 e. The highest BCUT2D eigenvalue weighted by atomic mass is 32.1. The average Bonchev–Trinajstić information content (AvgIpc) is 3.39.